The average molecular weight is 216 g/mol. The Kier molecular flexibility index (Phi) is 4.80. The Morgan fingerprint density at radius 2 is 1.79 bits per heavy atom. The molecule has 1 atom stereocenters. The predicted molar refractivity (Wildman–Crippen MR) is 46.7 cm³/mol. The molecule has 0 aromatic carbocycles. The second-order valence-electron chi connectivity index (χ2n) is 3.67. The maximum atomic E-state index is 12.4. The van der Waals surface area contributed by atoms with Crippen LogP contribution < -0.4 is 11.1 Å². The third kappa shape index (κ3) is 4.76. The minimum Gasteiger partial charge on any atom is -0.324 e. The van der Waals surface area contributed by atoms with Gasteiger partial charge in [0.05, 0.1) is 6.54 Å². The Hall–Kier alpha value is -0.360. The largest absolute Gasteiger partial charge is 0.324 e. The van der Waals surface area contributed by atoms with E-state index in [0.29, 0.717) is 6.42 Å². The number of alkyl halides is 4. The monoisotopic (exact) mass is 216 g/mol. The molecule has 0 aromatic rings. The van der Waals surface area contributed by atoms with Crippen LogP contribution in [0.25, 0.3) is 0 Å². The van der Waals surface area contributed by atoms with Crippen molar-refractivity contribution >= 4 is 0 Å². The first kappa shape index (κ1) is 13.6. The van der Waals surface area contributed by atoms with E-state index in [1.807, 2.05) is 0 Å². The summed E-state index contributed by atoms with van der Waals surface area (Å²) in [5, 5.41) is 2.24. The maximum absolute atomic E-state index is 12.4. The van der Waals surface area contributed by atoms with Crippen LogP contribution in [-0.4, -0.2) is 31.0 Å². The summed E-state index contributed by atoms with van der Waals surface area (Å²) in [6.45, 7) is 2.51. The van der Waals surface area contributed by atoms with E-state index in [1.54, 1.807) is 13.8 Å². The van der Waals surface area contributed by atoms with E-state index in [4.69, 9.17) is 5.73 Å². The van der Waals surface area contributed by atoms with Crippen LogP contribution >= 0.6 is 0 Å². The molecule has 14 heavy (non-hydrogen) atoms. The Bertz CT molecular complexity index is 171. The molecular weight excluding hydrogens is 200 g/mol. The fraction of sp³-hybridized carbons (Fsp3) is 1.00. The molecule has 0 fully saturated rings. The number of nitrogens with one attached hydrogen (secondary N) is 1. The smallest absolute Gasteiger partial charge is 0.319 e. The molecule has 0 aliphatic heterocycles. The van der Waals surface area contributed by atoms with Crippen molar-refractivity contribution in [3.63, 3.8) is 0 Å². The van der Waals surface area contributed by atoms with Crippen LogP contribution in [0.15, 0.2) is 0 Å². The number of nitrogens with two attached hydrogens (primary N) is 1. The molecule has 0 saturated heterocycles. The van der Waals surface area contributed by atoms with Gasteiger partial charge in [0.2, 0.25) is 0 Å². The van der Waals surface area contributed by atoms with Crippen molar-refractivity contribution in [1.29, 1.82) is 0 Å². The Morgan fingerprint density at radius 3 is 2.14 bits per heavy atom. The summed E-state index contributed by atoms with van der Waals surface area (Å²) in [6.07, 6.45) is -3.05. The van der Waals surface area contributed by atoms with Gasteiger partial charge >= 0.3 is 12.3 Å². The van der Waals surface area contributed by atoms with Crippen molar-refractivity contribution in [2.75, 3.05) is 13.1 Å². The van der Waals surface area contributed by atoms with Crippen LogP contribution in [-0.2, 0) is 0 Å². The summed E-state index contributed by atoms with van der Waals surface area (Å²) in [4.78, 5) is 0. The molecule has 0 heterocycles. The van der Waals surface area contributed by atoms with Crippen LogP contribution in [0, 0.1) is 0 Å². The highest BCUT2D eigenvalue weighted by Crippen LogP contribution is 2.21. The zero-order valence-electron chi connectivity index (χ0n) is 8.29. The second-order valence-corrected chi connectivity index (χ2v) is 3.67. The highest BCUT2D eigenvalue weighted by atomic mass is 19.3. The van der Waals surface area contributed by atoms with Gasteiger partial charge in [-0.1, -0.05) is 6.92 Å². The lowest BCUT2D eigenvalue weighted by Gasteiger charge is -2.24. The summed E-state index contributed by atoms with van der Waals surface area (Å²) in [5.41, 5.74) is 4.99. The normalized spacial score (nSPS) is 17.1. The fourth-order valence-electron chi connectivity index (χ4n) is 0.717. The van der Waals surface area contributed by atoms with Gasteiger partial charge in [-0.2, -0.15) is 8.78 Å². The van der Waals surface area contributed by atoms with E-state index in [1.165, 1.54) is 0 Å². The first-order valence-electron chi connectivity index (χ1n) is 4.37. The van der Waals surface area contributed by atoms with Crippen molar-refractivity contribution in [1.82, 2.24) is 5.32 Å². The van der Waals surface area contributed by atoms with E-state index in [-0.39, 0.29) is 6.54 Å². The molecule has 0 radical (unpaired) electrons. The topological polar surface area (TPSA) is 38.0 Å². The summed E-state index contributed by atoms with van der Waals surface area (Å²) >= 11 is 0. The van der Waals surface area contributed by atoms with Gasteiger partial charge in [0.1, 0.15) is 0 Å². The lowest BCUT2D eigenvalue weighted by Crippen LogP contribution is -2.49. The standard InChI is InChI=1S/C8H16F4N2/c1-3-7(2,13)4-14-5-8(11,12)6(9)10/h6,14H,3-5,13H2,1-2H3. The molecule has 0 rings (SSSR count). The van der Waals surface area contributed by atoms with E-state index < -0.39 is 24.4 Å². The van der Waals surface area contributed by atoms with Gasteiger partial charge in [-0.05, 0) is 13.3 Å². The SMILES string of the molecule is CCC(C)(N)CNCC(F)(F)C(F)F. The van der Waals surface area contributed by atoms with Crippen LogP contribution in [0.5, 0.6) is 0 Å². The van der Waals surface area contributed by atoms with E-state index in [0.717, 1.165) is 0 Å². The van der Waals surface area contributed by atoms with Gasteiger partial charge < -0.3 is 11.1 Å². The third-order valence-electron chi connectivity index (χ3n) is 2.02. The number of hydrogen-bond donors (Lipinski definition) is 2. The molecule has 0 spiro atoms. The number of rotatable bonds is 6. The summed E-state index contributed by atoms with van der Waals surface area (Å²) in [5.74, 6) is -3.98. The predicted octanol–water partition coefficient (Wildman–Crippen LogP) is 1.60. The van der Waals surface area contributed by atoms with Crippen molar-refractivity contribution in [2.45, 2.75) is 38.2 Å². The maximum Gasteiger partial charge on any atom is 0.319 e. The van der Waals surface area contributed by atoms with Crippen molar-refractivity contribution in [2.24, 2.45) is 5.73 Å². The quantitative estimate of drug-likeness (QED) is 0.662. The molecule has 1 unspecified atom stereocenters. The van der Waals surface area contributed by atoms with Crippen molar-refractivity contribution in [3.05, 3.63) is 0 Å². The van der Waals surface area contributed by atoms with Gasteiger partial charge in [-0.15, -0.1) is 0 Å². The molecule has 0 amide bonds. The Labute approximate surface area is 80.8 Å². The third-order valence-corrected chi connectivity index (χ3v) is 2.02. The fourth-order valence-corrected chi connectivity index (χ4v) is 0.717. The summed E-state index contributed by atoms with van der Waals surface area (Å²) in [6, 6.07) is 0. The second kappa shape index (κ2) is 4.93. The van der Waals surface area contributed by atoms with Crippen LogP contribution in [0.4, 0.5) is 17.6 Å². The molecule has 86 valence electrons. The molecule has 3 N–H and O–H groups in total. The van der Waals surface area contributed by atoms with Crippen LogP contribution in [0.1, 0.15) is 20.3 Å². The van der Waals surface area contributed by atoms with E-state index in [9.17, 15) is 17.6 Å². The van der Waals surface area contributed by atoms with Gasteiger partial charge in [0.25, 0.3) is 0 Å². The highest BCUT2D eigenvalue weighted by molar-refractivity contribution is 4.81. The van der Waals surface area contributed by atoms with Crippen molar-refractivity contribution < 1.29 is 17.6 Å². The molecule has 6 heteroatoms. The van der Waals surface area contributed by atoms with Crippen molar-refractivity contribution in [3.8, 4) is 0 Å². The van der Waals surface area contributed by atoms with Crippen LogP contribution in [0.2, 0.25) is 0 Å². The molecule has 0 saturated carbocycles. The Balaban J connectivity index is 3.85. The molecule has 0 aliphatic rings. The number of hydrogen-bond acceptors (Lipinski definition) is 2. The molecule has 0 aliphatic carbocycles. The van der Waals surface area contributed by atoms with Gasteiger partial charge in [0.15, 0.2) is 0 Å². The zero-order valence-corrected chi connectivity index (χ0v) is 8.29. The first-order chi connectivity index (χ1) is 6.21. The summed E-state index contributed by atoms with van der Waals surface area (Å²) < 4.78 is 48.1. The molecule has 0 bridgehead atoms. The van der Waals surface area contributed by atoms with Gasteiger partial charge in [-0.3, -0.25) is 0 Å². The minimum atomic E-state index is -3.98. The summed E-state index contributed by atoms with van der Waals surface area (Å²) in [7, 11) is 0. The molecular formula is C8H16F4N2. The number of halogens is 4. The van der Waals surface area contributed by atoms with Gasteiger partial charge in [0, 0.05) is 12.1 Å². The molecule has 0 aromatic heterocycles. The highest BCUT2D eigenvalue weighted by Gasteiger charge is 2.40. The van der Waals surface area contributed by atoms with Crippen LogP contribution in [0.3, 0.4) is 0 Å². The lowest BCUT2D eigenvalue weighted by atomic mass is 10.0. The lowest BCUT2D eigenvalue weighted by molar-refractivity contribution is -0.125. The van der Waals surface area contributed by atoms with E-state index >= 15 is 0 Å². The average Bonchev–Trinajstić information content (AvgIpc) is 2.03. The molecule has 2 nitrogen and oxygen atoms in total. The first-order valence-corrected chi connectivity index (χ1v) is 4.37. The van der Waals surface area contributed by atoms with Gasteiger partial charge in [-0.25, -0.2) is 8.78 Å². The van der Waals surface area contributed by atoms with E-state index in [2.05, 4.69) is 5.32 Å². The zero-order chi connectivity index (χ0) is 11.4. The Morgan fingerprint density at radius 1 is 1.29 bits per heavy atom. The minimum absolute atomic E-state index is 0.0891.